The van der Waals surface area contributed by atoms with E-state index in [9.17, 15) is 5.11 Å². The van der Waals surface area contributed by atoms with Gasteiger partial charge in [0.15, 0.2) is 0 Å². The summed E-state index contributed by atoms with van der Waals surface area (Å²) in [5, 5.41) is 10.0. The van der Waals surface area contributed by atoms with Gasteiger partial charge in [-0.1, -0.05) is 20.8 Å². The zero-order valence-corrected chi connectivity index (χ0v) is 11.7. The van der Waals surface area contributed by atoms with Crippen molar-refractivity contribution in [3.05, 3.63) is 0 Å². The average Bonchev–Trinajstić information content (AvgIpc) is 2.27. The summed E-state index contributed by atoms with van der Waals surface area (Å²) in [5.74, 6) is 0.671. The van der Waals surface area contributed by atoms with Crippen LogP contribution in [-0.4, -0.2) is 41.8 Å². The first-order chi connectivity index (χ1) is 7.36. The molecule has 0 aliphatic carbocycles. The first kappa shape index (κ1) is 15.9. The lowest BCUT2D eigenvalue weighted by molar-refractivity contribution is 0.0307. The maximum Gasteiger partial charge on any atom is 0.0767 e. The third-order valence-corrected chi connectivity index (χ3v) is 3.85. The second-order valence-corrected chi connectivity index (χ2v) is 5.35. The first-order valence-electron chi connectivity index (χ1n) is 6.49. The van der Waals surface area contributed by atoms with E-state index in [1.54, 1.807) is 0 Å². The predicted molar refractivity (Wildman–Crippen MR) is 70.5 cm³/mol. The summed E-state index contributed by atoms with van der Waals surface area (Å²) < 4.78 is 0. The van der Waals surface area contributed by atoms with Crippen molar-refractivity contribution in [3.63, 3.8) is 0 Å². The molecule has 16 heavy (non-hydrogen) atoms. The van der Waals surface area contributed by atoms with Gasteiger partial charge in [0.05, 0.1) is 5.60 Å². The van der Waals surface area contributed by atoms with Crippen LogP contribution in [0.15, 0.2) is 0 Å². The molecule has 3 heteroatoms. The van der Waals surface area contributed by atoms with Crippen LogP contribution >= 0.6 is 0 Å². The molecule has 2 unspecified atom stereocenters. The molecule has 0 saturated carbocycles. The fourth-order valence-corrected chi connectivity index (χ4v) is 1.79. The number of hydrogen-bond donors (Lipinski definition) is 2. The Kier molecular flexibility index (Phi) is 7.20. The van der Waals surface area contributed by atoms with Gasteiger partial charge in [0, 0.05) is 12.6 Å². The highest BCUT2D eigenvalue weighted by Crippen LogP contribution is 2.17. The SMILES string of the molecule is CCC(O)(CN)CCCN(C)C(C)C(C)C. The van der Waals surface area contributed by atoms with Crippen LogP contribution in [0.1, 0.15) is 47.0 Å². The Bertz CT molecular complexity index is 179. The average molecular weight is 230 g/mol. The molecule has 0 rings (SSSR count). The molecule has 0 aromatic heterocycles. The van der Waals surface area contributed by atoms with Crippen molar-refractivity contribution in [3.8, 4) is 0 Å². The summed E-state index contributed by atoms with van der Waals surface area (Å²) >= 11 is 0. The fourth-order valence-electron chi connectivity index (χ4n) is 1.79. The second-order valence-electron chi connectivity index (χ2n) is 5.35. The zero-order chi connectivity index (χ0) is 12.8. The van der Waals surface area contributed by atoms with Gasteiger partial charge < -0.3 is 15.7 Å². The molecule has 0 aromatic rings. The summed E-state index contributed by atoms with van der Waals surface area (Å²) in [6.07, 6.45) is 2.55. The maximum atomic E-state index is 10.0. The molecular weight excluding hydrogens is 200 g/mol. The van der Waals surface area contributed by atoms with Gasteiger partial charge in [-0.05, 0) is 45.7 Å². The molecule has 3 nitrogen and oxygen atoms in total. The molecule has 0 saturated heterocycles. The minimum Gasteiger partial charge on any atom is -0.389 e. The Morgan fingerprint density at radius 2 is 1.88 bits per heavy atom. The van der Waals surface area contributed by atoms with Gasteiger partial charge >= 0.3 is 0 Å². The van der Waals surface area contributed by atoms with Crippen LogP contribution in [0, 0.1) is 5.92 Å². The summed E-state index contributed by atoms with van der Waals surface area (Å²) in [6, 6.07) is 0.590. The second kappa shape index (κ2) is 7.25. The van der Waals surface area contributed by atoms with Gasteiger partial charge in [0.1, 0.15) is 0 Å². The van der Waals surface area contributed by atoms with E-state index in [2.05, 4.69) is 32.7 Å². The largest absolute Gasteiger partial charge is 0.389 e. The van der Waals surface area contributed by atoms with Gasteiger partial charge in [-0.15, -0.1) is 0 Å². The normalized spacial score (nSPS) is 17.8. The molecule has 0 radical (unpaired) electrons. The molecule has 0 amide bonds. The van der Waals surface area contributed by atoms with Crippen molar-refractivity contribution in [2.75, 3.05) is 20.1 Å². The number of nitrogens with zero attached hydrogens (tertiary/aromatic N) is 1. The topological polar surface area (TPSA) is 49.5 Å². The molecule has 3 N–H and O–H groups in total. The third kappa shape index (κ3) is 5.28. The zero-order valence-electron chi connectivity index (χ0n) is 11.7. The first-order valence-corrected chi connectivity index (χ1v) is 6.49. The number of nitrogens with two attached hydrogens (primary N) is 1. The van der Waals surface area contributed by atoms with E-state index in [0.717, 1.165) is 25.8 Å². The monoisotopic (exact) mass is 230 g/mol. The Morgan fingerprint density at radius 1 is 1.31 bits per heavy atom. The molecule has 2 atom stereocenters. The highest BCUT2D eigenvalue weighted by molar-refractivity contribution is 4.78. The Balaban J connectivity index is 3.89. The van der Waals surface area contributed by atoms with Crippen molar-refractivity contribution in [2.24, 2.45) is 11.7 Å². The Labute approximate surface area is 101 Å². The molecule has 98 valence electrons. The van der Waals surface area contributed by atoms with E-state index < -0.39 is 5.60 Å². The molecular formula is C13H30N2O. The summed E-state index contributed by atoms with van der Waals surface area (Å²) in [4.78, 5) is 2.36. The minimum absolute atomic E-state index is 0.368. The summed E-state index contributed by atoms with van der Waals surface area (Å²) in [6.45, 7) is 10.1. The lowest BCUT2D eigenvalue weighted by atomic mass is 9.94. The molecule has 0 spiro atoms. The lowest BCUT2D eigenvalue weighted by Crippen LogP contribution is -2.39. The van der Waals surface area contributed by atoms with E-state index in [4.69, 9.17) is 5.73 Å². The van der Waals surface area contributed by atoms with Gasteiger partial charge in [-0.3, -0.25) is 0 Å². The number of rotatable bonds is 8. The standard InChI is InChI=1S/C13H30N2O/c1-6-13(16,10-14)8-7-9-15(5)12(4)11(2)3/h11-12,16H,6-10,14H2,1-5H3. The lowest BCUT2D eigenvalue weighted by Gasteiger charge is -2.30. The van der Waals surface area contributed by atoms with E-state index in [0.29, 0.717) is 18.5 Å². The molecule has 0 fully saturated rings. The van der Waals surface area contributed by atoms with Gasteiger partial charge in [0.2, 0.25) is 0 Å². The van der Waals surface area contributed by atoms with Crippen LogP contribution in [0.4, 0.5) is 0 Å². The minimum atomic E-state index is -0.651. The van der Waals surface area contributed by atoms with E-state index in [-0.39, 0.29) is 0 Å². The Morgan fingerprint density at radius 3 is 2.25 bits per heavy atom. The van der Waals surface area contributed by atoms with Crippen LogP contribution in [0.25, 0.3) is 0 Å². The molecule has 0 aliphatic heterocycles. The van der Waals surface area contributed by atoms with Crippen molar-refractivity contribution in [1.29, 1.82) is 0 Å². The summed E-state index contributed by atoms with van der Waals surface area (Å²) in [7, 11) is 2.15. The van der Waals surface area contributed by atoms with E-state index in [1.165, 1.54) is 0 Å². The van der Waals surface area contributed by atoms with E-state index >= 15 is 0 Å². The number of hydrogen-bond acceptors (Lipinski definition) is 3. The van der Waals surface area contributed by atoms with Crippen molar-refractivity contribution in [1.82, 2.24) is 4.90 Å². The third-order valence-electron chi connectivity index (χ3n) is 3.85. The van der Waals surface area contributed by atoms with Crippen molar-refractivity contribution < 1.29 is 5.11 Å². The van der Waals surface area contributed by atoms with Gasteiger partial charge in [0.25, 0.3) is 0 Å². The van der Waals surface area contributed by atoms with Gasteiger partial charge in [-0.25, -0.2) is 0 Å². The quantitative estimate of drug-likeness (QED) is 0.669. The molecule has 0 bridgehead atoms. The fraction of sp³-hybridized carbons (Fsp3) is 1.00. The Hall–Kier alpha value is -0.120. The number of aliphatic hydroxyl groups is 1. The van der Waals surface area contributed by atoms with Crippen LogP contribution in [-0.2, 0) is 0 Å². The summed E-state index contributed by atoms with van der Waals surface area (Å²) in [5.41, 5.74) is 4.93. The van der Waals surface area contributed by atoms with Gasteiger partial charge in [-0.2, -0.15) is 0 Å². The molecule has 0 heterocycles. The van der Waals surface area contributed by atoms with Crippen LogP contribution in [0.2, 0.25) is 0 Å². The van der Waals surface area contributed by atoms with Crippen LogP contribution in [0.5, 0.6) is 0 Å². The molecule has 0 aromatic carbocycles. The molecule has 0 aliphatic rings. The van der Waals surface area contributed by atoms with E-state index in [1.807, 2.05) is 6.92 Å². The smallest absolute Gasteiger partial charge is 0.0767 e. The van der Waals surface area contributed by atoms with Crippen LogP contribution < -0.4 is 5.73 Å². The predicted octanol–water partition coefficient (Wildman–Crippen LogP) is 1.84. The highest BCUT2D eigenvalue weighted by atomic mass is 16.3. The van der Waals surface area contributed by atoms with Crippen molar-refractivity contribution >= 4 is 0 Å². The van der Waals surface area contributed by atoms with Crippen LogP contribution in [0.3, 0.4) is 0 Å². The highest BCUT2D eigenvalue weighted by Gasteiger charge is 2.22. The maximum absolute atomic E-state index is 10.0. The van der Waals surface area contributed by atoms with Crippen molar-refractivity contribution in [2.45, 2.75) is 58.6 Å².